The number of halogens is 6. The molecule has 0 aromatic carbocycles. The quantitative estimate of drug-likeness (QED) is 0.666. The molecular formula is C9H11F6NO. The summed E-state index contributed by atoms with van der Waals surface area (Å²) in [6, 6.07) is 0. The third-order valence-electron chi connectivity index (χ3n) is 2.57. The van der Waals surface area contributed by atoms with Crippen LogP contribution in [0.1, 0.15) is 19.3 Å². The van der Waals surface area contributed by atoms with E-state index in [4.69, 9.17) is 0 Å². The molecule has 1 fully saturated rings. The number of carbonyl (C=O) groups excluding carboxylic acids is 1. The van der Waals surface area contributed by atoms with Crippen molar-refractivity contribution >= 4 is 5.91 Å². The molecule has 1 heterocycles. The fraction of sp³-hybridized carbons (Fsp3) is 0.889. The second-order valence-corrected chi connectivity index (χ2v) is 3.90. The molecule has 0 atom stereocenters. The summed E-state index contributed by atoms with van der Waals surface area (Å²) in [4.78, 5) is 11.9. The zero-order valence-corrected chi connectivity index (χ0v) is 8.74. The second kappa shape index (κ2) is 4.73. The average molecular weight is 263 g/mol. The molecule has 1 rings (SSSR count). The summed E-state index contributed by atoms with van der Waals surface area (Å²) >= 11 is 0. The Morgan fingerprint density at radius 3 is 1.65 bits per heavy atom. The first kappa shape index (κ1) is 14.1. The Morgan fingerprint density at radius 2 is 1.29 bits per heavy atom. The van der Waals surface area contributed by atoms with E-state index in [2.05, 4.69) is 0 Å². The summed E-state index contributed by atoms with van der Waals surface area (Å²) in [6.07, 6.45) is -9.59. The van der Waals surface area contributed by atoms with E-state index in [0.717, 1.165) is 0 Å². The minimum atomic E-state index is -5.59. The Kier molecular flexibility index (Phi) is 3.93. The maximum absolute atomic E-state index is 12.3. The van der Waals surface area contributed by atoms with E-state index in [0.29, 0.717) is 24.2 Å². The van der Waals surface area contributed by atoms with Crippen LogP contribution in [-0.2, 0) is 4.79 Å². The monoisotopic (exact) mass is 263 g/mol. The highest BCUT2D eigenvalue weighted by atomic mass is 19.4. The van der Waals surface area contributed by atoms with Crippen LogP contribution in [0.15, 0.2) is 0 Å². The molecule has 0 saturated carbocycles. The molecule has 2 nitrogen and oxygen atoms in total. The Bertz CT molecular complexity index is 264. The van der Waals surface area contributed by atoms with Crippen LogP contribution in [0.5, 0.6) is 0 Å². The first-order valence-corrected chi connectivity index (χ1v) is 5.06. The number of likely N-dealkylation sites (tertiary alicyclic amines) is 1. The highest BCUT2D eigenvalue weighted by Crippen LogP contribution is 2.40. The molecule has 0 bridgehead atoms. The lowest BCUT2D eigenvalue weighted by atomic mass is 10.0. The summed E-state index contributed by atoms with van der Waals surface area (Å²) in [5, 5.41) is 0. The maximum Gasteiger partial charge on any atom is 0.409 e. The van der Waals surface area contributed by atoms with E-state index in [1.54, 1.807) is 0 Å². The lowest BCUT2D eigenvalue weighted by Crippen LogP contribution is -2.50. The van der Waals surface area contributed by atoms with Crippen molar-refractivity contribution in [3.8, 4) is 0 Å². The topological polar surface area (TPSA) is 20.3 Å². The van der Waals surface area contributed by atoms with Crippen molar-refractivity contribution < 1.29 is 31.1 Å². The second-order valence-electron chi connectivity index (χ2n) is 3.90. The third-order valence-corrected chi connectivity index (χ3v) is 2.57. The summed E-state index contributed by atoms with van der Waals surface area (Å²) < 4.78 is 73.5. The number of rotatable bonds is 1. The molecule has 0 N–H and O–H groups in total. The van der Waals surface area contributed by atoms with Gasteiger partial charge in [0.2, 0.25) is 11.8 Å². The Hall–Kier alpha value is -0.950. The van der Waals surface area contributed by atoms with Gasteiger partial charge in [0, 0.05) is 13.1 Å². The maximum atomic E-state index is 12.3. The van der Waals surface area contributed by atoms with Crippen molar-refractivity contribution in [3.05, 3.63) is 0 Å². The predicted octanol–water partition coefficient (Wildman–Crippen LogP) is 2.74. The van der Waals surface area contributed by atoms with Crippen LogP contribution in [-0.4, -0.2) is 36.2 Å². The molecule has 8 heteroatoms. The number of carbonyl (C=O) groups is 1. The van der Waals surface area contributed by atoms with Gasteiger partial charge < -0.3 is 4.90 Å². The Morgan fingerprint density at radius 1 is 0.882 bits per heavy atom. The van der Waals surface area contributed by atoms with Crippen LogP contribution in [0.25, 0.3) is 0 Å². The minimum Gasteiger partial charge on any atom is -0.342 e. The van der Waals surface area contributed by atoms with E-state index >= 15 is 0 Å². The normalized spacial score (nSPS) is 18.6. The molecule has 100 valence electrons. The van der Waals surface area contributed by atoms with Gasteiger partial charge in [0.1, 0.15) is 0 Å². The fourth-order valence-electron chi connectivity index (χ4n) is 1.76. The standard InChI is InChI=1S/C9H11F6NO/c10-8(11,12)6(9(13,14)15)7(17)16-4-2-1-3-5-16/h6H,1-5H2. The van der Waals surface area contributed by atoms with Crippen LogP contribution in [0, 0.1) is 5.92 Å². The van der Waals surface area contributed by atoms with Crippen molar-refractivity contribution in [2.75, 3.05) is 13.1 Å². The minimum absolute atomic E-state index is 0.0402. The van der Waals surface area contributed by atoms with Crippen LogP contribution in [0.3, 0.4) is 0 Å². The summed E-state index contributed by atoms with van der Waals surface area (Å²) in [7, 11) is 0. The van der Waals surface area contributed by atoms with Crippen molar-refractivity contribution in [1.82, 2.24) is 4.90 Å². The number of piperidine rings is 1. The summed E-state index contributed by atoms with van der Waals surface area (Å²) in [5.74, 6) is -5.78. The van der Waals surface area contributed by atoms with Gasteiger partial charge in [-0.25, -0.2) is 0 Å². The molecule has 1 saturated heterocycles. The van der Waals surface area contributed by atoms with E-state index in [1.807, 2.05) is 0 Å². The highest BCUT2D eigenvalue weighted by molar-refractivity contribution is 5.80. The van der Waals surface area contributed by atoms with Gasteiger partial charge in [0.15, 0.2) is 0 Å². The zero-order chi connectivity index (χ0) is 13.3. The summed E-state index contributed by atoms with van der Waals surface area (Å²) in [5.41, 5.74) is 0. The van der Waals surface area contributed by atoms with Crippen LogP contribution < -0.4 is 0 Å². The molecule has 17 heavy (non-hydrogen) atoms. The van der Waals surface area contributed by atoms with E-state index in [9.17, 15) is 31.1 Å². The lowest BCUT2D eigenvalue weighted by molar-refractivity contribution is -0.277. The molecule has 1 amide bonds. The van der Waals surface area contributed by atoms with Gasteiger partial charge in [-0.3, -0.25) is 4.79 Å². The highest BCUT2D eigenvalue weighted by Gasteiger charge is 2.62. The van der Waals surface area contributed by atoms with Crippen LogP contribution in [0.2, 0.25) is 0 Å². The SMILES string of the molecule is O=C(C(C(F)(F)F)C(F)(F)F)N1CCCCC1. The van der Waals surface area contributed by atoms with Crippen molar-refractivity contribution in [3.63, 3.8) is 0 Å². The van der Waals surface area contributed by atoms with Crippen molar-refractivity contribution in [2.45, 2.75) is 31.6 Å². The molecule has 0 spiro atoms. The molecule has 0 radical (unpaired) electrons. The Balaban J connectivity index is 2.87. The van der Waals surface area contributed by atoms with Crippen molar-refractivity contribution in [1.29, 1.82) is 0 Å². The molecular weight excluding hydrogens is 252 g/mol. The van der Waals surface area contributed by atoms with Crippen molar-refractivity contribution in [2.24, 2.45) is 5.92 Å². The van der Waals surface area contributed by atoms with Gasteiger partial charge in [-0.05, 0) is 19.3 Å². The fourth-order valence-corrected chi connectivity index (χ4v) is 1.76. The molecule has 0 unspecified atom stereocenters. The zero-order valence-electron chi connectivity index (χ0n) is 8.74. The average Bonchev–Trinajstić information content (AvgIpc) is 2.14. The Labute approximate surface area is 93.6 Å². The van der Waals surface area contributed by atoms with E-state index in [-0.39, 0.29) is 13.1 Å². The number of nitrogens with zero attached hydrogens (tertiary/aromatic N) is 1. The number of hydrogen-bond acceptors (Lipinski definition) is 1. The third kappa shape index (κ3) is 3.50. The molecule has 0 aliphatic carbocycles. The first-order chi connectivity index (χ1) is 7.64. The number of alkyl halides is 6. The summed E-state index contributed by atoms with van der Waals surface area (Å²) in [6.45, 7) is -0.0804. The van der Waals surface area contributed by atoms with Crippen LogP contribution >= 0.6 is 0 Å². The van der Waals surface area contributed by atoms with Crippen LogP contribution in [0.4, 0.5) is 26.3 Å². The van der Waals surface area contributed by atoms with Gasteiger partial charge in [-0.2, -0.15) is 26.3 Å². The number of hydrogen-bond donors (Lipinski definition) is 0. The largest absolute Gasteiger partial charge is 0.409 e. The molecule has 0 aromatic heterocycles. The predicted molar refractivity (Wildman–Crippen MR) is 46.0 cm³/mol. The lowest BCUT2D eigenvalue weighted by Gasteiger charge is -2.31. The van der Waals surface area contributed by atoms with Gasteiger partial charge in [-0.15, -0.1) is 0 Å². The van der Waals surface area contributed by atoms with E-state index < -0.39 is 24.2 Å². The smallest absolute Gasteiger partial charge is 0.342 e. The van der Waals surface area contributed by atoms with Gasteiger partial charge >= 0.3 is 12.4 Å². The van der Waals surface area contributed by atoms with Gasteiger partial charge in [-0.1, -0.05) is 0 Å². The molecule has 1 aliphatic heterocycles. The van der Waals surface area contributed by atoms with Gasteiger partial charge in [0.25, 0.3) is 0 Å². The molecule has 1 aliphatic rings. The number of amides is 1. The van der Waals surface area contributed by atoms with Gasteiger partial charge in [0.05, 0.1) is 0 Å². The van der Waals surface area contributed by atoms with E-state index in [1.165, 1.54) is 0 Å². The molecule has 0 aromatic rings. The first-order valence-electron chi connectivity index (χ1n) is 5.06.